The summed E-state index contributed by atoms with van der Waals surface area (Å²) in [5.74, 6) is 0.715. The van der Waals surface area contributed by atoms with Gasteiger partial charge in [-0.15, -0.1) is 11.3 Å². The van der Waals surface area contributed by atoms with Gasteiger partial charge in [0.15, 0.2) is 0 Å². The van der Waals surface area contributed by atoms with Crippen LogP contribution in [-0.2, 0) is 10.0 Å². The van der Waals surface area contributed by atoms with Gasteiger partial charge in [-0.2, -0.15) is 9.57 Å². The van der Waals surface area contributed by atoms with Crippen LogP contribution >= 0.6 is 11.3 Å². The summed E-state index contributed by atoms with van der Waals surface area (Å²) in [6.45, 7) is 1.95. The summed E-state index contributed by atoms with van der Waals surface area (Å²) in [5.41, 5.74) is 0.554. The number of anilines is 1. The molecule has 22 heavy (non-hydrogen) atoms. The van der Waals surface area contributed by atoms with Gasteiger partial charge in [0.25, 0.3) is 10.0 Å². The first-order valence-corrected chi connectivity index (χ1v) is 9.08. The number of piperazine rings is 1. The molecule has 1 aliphatic rings. The monoisotopic (exact) mass is 334 g/mol. The Morgan fingerprint density at radius 1 is 1.23 bits per heavy atom. The number of sulfonamides is 1. The summed E-state index contributed by atoms with van der Waals surface area (Å²) in [4.78, 5) is 6.26. The van der Waals surface area contributed by atoms with Crippen LogP contribution < -0.4 is 4.90 Å². The lowest BCUT2D eigenvalue weighted by molar-refractivity contribution is 0.385. The van der Waals surface area contributed by atoms with E-state index in [-0.39, 0.29) is 0 Å². The topological polar surface area (TPSA) is 77.3 Å². The number of aromatic nitrogens is 1. The second-order valence-electron chi connectivity index (χ2n) is 4.84. The van der Waals surface area contributed by atoms with Crippen molar-refractivity contribution in [2.24, 2.45) is 0 Å². The molecule has 0 radical (unpaired) electrons. The second kappa shape index (κ2) is 6.04. The Kier molecular flexibility index (Phi) is 4.11. The number of hydrogen-bond acceptors (Lipinski definition) is 6. The van der Waals surface area contributed by atoms with Crippen molar-refractivity contribution in [3.05, 3.63) is 41.4 Å². The van der Waals surface area contributed by atoms with Crippen LogP contribution in [0.25, 0.3) is 0 Å². The van der Waals surface area contributed by atoms with Gasteiger partial charge in [0.2, 0.25) is 0 Å². The SMILES string of the molecule is N#Cc1ccnc(N2CCN(S(=O)(=O)c3cccs3)CC2)c1. The molecule has 3 heterocycles. The molecule has 1 saturated heterocycles. The van der Waals surface area contributed by atoms with Crippen molar-refractivity contribution in [1.82, 2.24) is 9.29 Å². The number of nitrogens with zero attached hydrogens (tertiary/aromatic N) is 4. The molecule has 1 fully saturated rings. The van der Waals surface area contributed by atoms with Gasteiger partial charge in [0, 0.05) is 32.4 Å². The van der Waals surface area contributed by atoms with E-state index in [4.69, 9.17) is 5.26 Å². The minimum Gasteiger partial charge on any atom is -0.354 e. The fourth-order valence-corrected chi connectivity index (χ4v) is 4.92. The Labute approximate surface area is 133 Å². The summed E-state index contributed by atoms with van der Waals surface area (Å²) in [6, 6.07) is 8.84. The van der Waals surface area contributed by atoms with Crippen molar-refractivity contribution in [2.45, 2.75) is 4.21 Å². The maximum atomic E-state index is 12.5. The number of thiophene rings is 1. The van der Waals surface area contributed by atoms with Crippen molar-refractivity contribution in [3.63, 3.8) is 0 Å². The molecular formula is C14H14N4O2S2. The van der Waals surface area contributed by atoms with E-state index in [1.165, 1.54) is 15.6 Å². The van der Waals surface area contributed by atoms with Gasteiger partial charge >= 0.3 is 0 Å². The Bertz CT molecular complexity index is 789. The highest BCUT2D eigenvalue weighted by molar-refractivity contribution is 7.91. The molecule has 0 aliphatic carbocycles. The predicted molar refractivity (Wildman–Crippen MR) is 84.2 cm³/mol. The van der Waals surface area contributed by atoms with E-state index in [1.54, 1.807) is 35.8 Å². The van der Waals surface area contributed by atoms with Crippen molar-refractivity contribution in [1.29, 1.82) is 5.26 Å². The van der Waals surface area contributed by atoms with Crippen LogP contribution in [0.15, 0.2) is 40.1 Å². The van der Waals surface area contributed by atoms with Crippen LogP contribution in [0, 0.1) is 11.3 Å². The lowest BCUT2D eigenvalue weighted by atomic mass is 10.2. The average molecular weight is 334 g/mol. The molecule has 0 amide bonds. The third-order valence-electron chi connectivity index (χ3n) is 3.53. The molecule has 0 N–H and O–H groups in total. The molecule has 1 aliphatic heterocycles. The van der Waals surface area contributed by atoms with E-state index in [2.05, 4.69) is 11.1 Å². The summed E-state index contributed by atoms with van der Waals surface area (Å²) in [6.07, 6.45) is 1.60. The summed E-state index contributed by atoms with van der Waals surface area (Å²) < 4.78 is 26.8. The Morgan fingerprint density at radius 3 is 2.64 bits per heavy atom. The van der Waals surface area contributed by atoms with Crippen molar-refractivity contribution >= 4 is 27.2 Å². The zero-order valence-corrected chi connectivity index (χ0v) is 13.3. The van der Waals surface area contributed by atoms with Gasteiger partial charge in [0.1, 0.15) is 10.0 Å². The summed E-state index contributed by atoms with van der Waals surface area (Å²) in [7, 11) is -3.38. The Morgan fingerprint density at radius 2 is 2.00 bits per heavy atom. The predicted octanol–water partition coefficient (Wildman–Crippen LogP) is 1.53. The van der Waals surface area contributed by atoms with Crippen molar-refractivity contribution < 1.29 is 8.42 Å². The minimum atomic E-state index is -3.38. The molecule has 6 nitrogen and oxygen atoms in total. The number of rotatable bonds is 3. The van der Waals surface area contributed by atoms with Crippen LogP contribution in [0.5, 0.6) is 0 Å². The van der Waals surface area contributed by atoms with Gasteiger partial charge in [-0.1, -0.05) is 6.07 Å². The van der Waals surface area contributed by atoms with Crippen LogP contribution in [0.4, 0.5) is 5.82 Å². The maximum absolute atomic E-state index is 12.5. The van der Waals surface area contributed by atoms with Gasteiger partial charge in [-0.3, -0.25) is 0 Å². The zero-order chi connectivity index (χ0) is 15.6. The highest BCUT2D eigenvalue weighted by atomic mass is 32.2. The number of pyridine rings is 1. The van der Waals surface area contributed by atoms with Crippen LogP contribution in [0.1, 0.15) is 5.56 Å². The number of nitriles is 1. The van der Waals surface area contributed by atoms with E-state index in [1.807, 2.05) is 4.90 Å². The van der Waals surface area contributed by atoms with Crippen molar-refractivity contribution in [2.75, 3.05) is 31.1 Å². The molecule has 3 rings (SSSR count). The molecule has 114 valence electrons. The lowest BCUT2D eigenvalue weighted by Gasteiger charge is -2.34. The highest BCUT2D eigenvalue weighted by Crippen LogP contribution is 2.23. The molecule has 0 spiro atoms. The molecule has 2 aromatic heterocycles. The normalized spacial score (nSPS) is 16.4. The average Bonchev–Trinajstić information content (AvgIpc) is 3.10. The van der Waals surface area contributed by atoms with Gasteiger partial charge < -0.3 is 4.90 Å². The molecular weight excluding hydrogens is 320 g/mol. The highest BCUT2D eigenvalue weighted by Gasteiger charge is 2.29. The molecule has 8 heteroatoms. The molecule has 0 bridgehead atoms. The largest absolute Gasteiger partial charge is 0.354 e. The van der Waals surface area contributed by atoms with E-state index in [9.17, 15) is 8.42 Å². The second-order valence-corrected chi connectivity index (χ2v) is 7.95. The Hall–Kier alpha value is -1.95. The van der Waals surface area contributed by atoms with E-state index in [0.717, 1.165) is 0 Å². The lowest BCUT2D eigenvalue weighted by Crippen LogP contribution is -2.48. The van der Waals surface area contributed by atoms with Crippen LogP contribution in [0.3, 0.4) is 0 Å². The van der Waals surface area contributed by atoms with E-state index >= 15 is 0 Å². The molecule has 0 unspecified atom stereocenters. The third kappa shape index (κ3) is 2.83. The first kappa shape index (κ1) is 15.0. The molecule has 2 aromatic rings. The smallest absolute Gasteiger partial charge is 0.252 e. The Balaban J connectivity index is 1.72. The summed E-state index contributed by atoms with van der Waals surface area (Å²) >= 11 is 1.23. The molecule has 0 aromatic carbocycles. The molecule has 0 saturated carbocycles. The van der Waals surface area contributed by atoms with Crippen LogP contribution in [-0.4, -0.2) is 43.9 Å². The third-order valence-corrected chi connectivity index (χ3v) is 6.80. The van der Waals surface area contributed by atoms with E-state index in [0.29, 0.717) is 41.8 Å². The fraction of sp³-hybridized carbons (Fsp3) is 0.286. The standard InChI is InChI=1S/C14H14N4O2S2/c15-11-12-3-4-16-13(10-12)17-5-7-18(8-6-17)22(19,20)14-2-1-9-21-14/h1-4,9-10H,5-8H2. The zero-order valence-electron chi connectivity index (χ0n) is 11.7. The van der Waals surface area contributed by atoms with Crippen molar-refractivity contribution in [3.8, 4) is 6.07 Å². The molecule has 0 atom stereocenters. The minimum absolute atomic E-state index is 0.380. The van der Waals surface area contributed by atoms with Crippen LogP contribution in [0.2, 0.25) is 0 Å². The fourth-order valence-electron chi connectivity index (χ4n) is 2.36. The quantitative estimate of drug-likeness (QED) is 0.850. The first-order valence-electron chi connectivity index (χ1n) is 6.76. The maximum Gasteiger partial charge on any atom is 0.252 e. The van der Waals surface area contributed by atoms with Gasteiger partial charge in [0.05, 0.1) is 11.6 Å². The van der Waals surface area contributed by atoms with Gasteiger partial charge in [-0.05, 0) is 23.6 Å². The van der Waals surface area contributed by atoms with E-state index < -0.39 is 10.0 Å². The number of hydrogen-bond donors (Lipinski definition) is 0. The van der Waals surface area contributed by atoms with Gasteiger partial charge in [-0.25, -0.2) is 13.4 Å². The summed E-state index contributed by atoms with van der Waals surface area (Å²) in [5, 5.41) is 10.7. The first-order chi connectivity index (χ1) is 10.6.